The SMILES string of the molecule is O=C(O)c1cc(Cc2cccs2)on1. The van der Waals surface area contributed by atoms with Crippen molar-refractivity contribution in [2.75, 3.05) is 0 Å². The molecule has 0 aliphatic rings. The first-order chi connectivity index (χ1) is 6.75. The van der Waals surface area contributed by atoms with Crippen LogP contribution in [-0.2, 0) is 6.42 Å². The normalized spacial score (nSPS) is 10.3. The summed E-state index contributed by atoms with van der Waals surface area (Å²) in [5.74, 6) is -0.490. The Balaban J connectivity index is 2.14. The third-order valence-electron chi connectivity index (χ3n) is 1.71. The zero-order valence-electron chi connectivity index (χ0n) is 7.14. The first-order valence-electron chi connectivity index (χ1n) is 3.97. The number of hydrogen-bond donors (Lipinski definition) is 1. The lowest BCUT2D eigenvalue weighted by Crippen LogP contribution is -1.94. The molecule has 0 unspecified atom stereocenters. The van der Waals surface area contributed by atoms with Crippen LogP contribution in [0.3, 0.4) is 0 Å². The molecule has 0 aliphatic carbocycles. The van der Waals surface area contributed by atoms with Gasteiger partial charge in [0.15, 0.2) is 5.69 Å². The maximum absolute atomic E-state index is 10.5. The van der Waals surface area contributed by atoms with Crippen molar-refractivity contribution < 1.29 is 14.4 Å². The van der Waals surface area contributed by atoms with Crippen LogP contribution in [0, 0.1) is 0 Å². The van der Waals surface area contributed by atoms with Crippen LogP contribution in [0.1, 0.15) is 21.1 Å². The number of aromatic carboxylic acids is 1. The molecule has 5 heteroatoms. The molecule has 14 heavy (non-hydrogen) atoms. The fourth-order valence-electron chi connectivity index (χ4n) is 1.08. The van der Waals surface area contributed by atoms with Crippen molar-refractivity contribution in [3.63, 3.8) is 0 Å². The van der Waals surface area contributed by atoms with Crippen molar-refractivity contribution in [2.45, 2.75) is 6.42 Å². The summed E-state index contributed by atoms with van der Waals surface area (Å²) in [6.07, 6.45) is 0.595. The van der Waals surface area contributed by atoms with Crippen molar-refractivity contribution in [1.82, 2.24) is 5.16 Å². The lowest BCUT2D eigenvalue weighted by molar-refractivity contribution is 0.0685. The summed E-state index contributed by atoms with van der Waals surface area (Å²) in [5.41, 5.74) is -0.0449. The van der Waals surface area contributed by atoms with Crippen molar-refractivity contribution in [3.05, 3.63) is 39.9 Å². The van der Waals surface area contributed by atoms with E-state index in [9.17, 15) is 4.79 Å². The Morgan fingerprint density at radius 2 is 2.50 bits per heavy atom. The van der Waals surface area contributed by atoms with Crippen LogP contribution >= 0.6 is 11.3 Å². The van der Waals surface area contributed by atoms with Gasteiger partial charge in [-0.05, 0) is 11.4 Å². The van der Waals surface area contributed by atoms with E-state index >= 15 is 0 Å². The molecule has 0 radical (unpaired) electrons. The molecule has 0 spiro atoms. The van der Waals surface area contributed by atoms with Crippen LogP contribution in [0.25, 0.3) is 0 Å². The number of hydrogen-bond acceptors (Lipinski definition) is 4. The molecule has 4 nitrogen and oxygen atoms in total. The van der Waals surface area contributed by atoms with Gasteiger partial charge in [-0.3, -0.25) is 0 Å². The smallest absolute Gasteiger partial charge is 0.358 e. The monoisotopic (exact) mass is 209 g/mol. The van der Waals surface area contributed by atoms with Gasteiger partial charge in [0.05, 0.1) is 0 Å². The van der Waals surface area contributed by atoms with Crippen molar-refractivity contribution >= 4 is 17.3 Å². The first kappa shape index (κ1) is 8.96. The van der Waals surface area contributed by atoms with Crippen LogP contribution < -0.4 is 0 Å². The summed E-state index contributed by atoms with van der Waals surface area (Å²) in [7, 11) is 0. The van der Waals surface area contributed by atoms with Gasteiger partial charge in [0.1, 0.15) is 5.76 Å². The van der Waals surface area contributed by atoms with E-state index in [-0.39, 0.29) is 5.69 Å². The van der Waals surface area contributed by atoms with E-state index in [1.807, 2.05) is 17.5 Å². The van der Waals surface area contributed by atoms with E-state index in [4.69, 9.17) is 9.63 Å². The number of aromatic nitrogens is 1. The number of thiophene rings is 1. The van der Waals surface area contributed by atoms with Gasteiger partial charge in [-0.2, -0.15) is 0 Å². The van der Waals surface area contributed by atoms with Crippen LogP contribution in [0.4, 0.5) is 0 Å². The highest BCUT2D eigenvalue weighted by molar-refractivity contribution is 7.09. The summed E-state index contributed by atoms with van der Waals surface area (Å²) in [4.78, 5) is 11.6. The van der Waals surface area contributed by atoms with Gasteiger partial charge >= 0.3 is 5.97 Å². The Morgan fingerprint density at radius 1 is 1.64 bits per heavy atom. The van der Waals surface area contributed by atoms with Gasteiger partial charge in [0, 0.05) is 17.4 Å². The van der Waals surface area contributed by atoms with E-state index < -0.39 is 5.97 Å². The summed E-state index contributed by atoms with van der Waals surface area (Å²) >= 11 is 1.60. The number of nitrogens with zero attached hydrogens (tertiary/aromatic N) is 1. The number of rotatable bonds is 3. The van der Waals surface area contributed by atoms with E-state index in [1.54, 1.807) is 11.3 Å². The molecule has 0 saturated heterocycles. The van der Waals surface area contributed by atoms with Crippen LogP contribution in [0.5, 0.6) is 0 Å². The Labute approximate surface area is 83.8 Å². The molecule has 0 atom stereocenters. The molecule has 0 aromatic carbocycles. The fourth-order valence-corrected chi connectivity index (χ4v) is 1.80. The minimum absolute atomic E-state index is 0.0449. The molecular weight excluding hydrogens is 202 g/mol. The zero-order chi connectivity index (χ0) is 9.97. The summed E-state index contributed by atoms with van der Waals surface area (Å²) in [5, 5.41) is 14.0. The molecular formula is C9H7NO3S. The third-order valence-corrected chi connectivity index (χ3v) is 2.58. The number of carboxylic acids is 1. The zero-order valence-corrected chi connectivity index (χ0v) is 7.95. The summed E-state index contributed by atoms with van der Waals surface area (Å²) in [6.45, 7) is 0. The molecule has 72 valence electrons. The molecule has 0 aliphatic heterocycles. The Morgan fingerprint density at radius 3 is 3.07 bits per heavy atom. The maximum atomic E-state index is 10.5. The highest BCUT2D eigenvalue weighted by Crippen LogP contribution is 2.15. The third kappa shape index (κ3) is 1.82. The molecule has 1 N–H and O–H groups in total. The Bertz CT molecular complexity index is 433. The highest BCUT2D eigenvalue weighted by Gasteiger charge is 2.10. The molecule has 0 saturated carbocycles. The second-order valence-electron chi connectivity index (χ2n) is 2.74. The Hall–Kier alpha value is -1.62. The molecule has 0 amide bonds. The Kier molecular flexibility index (Phi) is 2.32. The molecule has 0 bridgehead atoms. The highest BCUT2D eigenvalue weighted by atomic mass is 32.1. The second kappa shape index (κ2) is 3.63. The first-order valence-corrected chi connectivity index (χ1v) is 4.85. The van der Waals surface area contributed by atoms with Gasteiger partial charge in [-0.15, -0.1) is 11.3 Å². The van der Waals surface area contributed by atoms with E-state index in [0.717, 1.165) is 4.88 Å². The van der Waals surface area contributed by atoms with E-state index in [1.165, 1.54) is 6.07 Å². The van der Waals surface area contributed by atoms with Crippen molar-refractivity contribution in [3.8, 4) is 0 Å². The van der Waals surface area contributed by atoms with E-state index in [2.05, 4.69) is 5.16 Å². The van der Waals surface area contributed by atoms with Crippen LogP contribution in [-0.4, -0.2) is 16.2 Å². The topological polar surface area (TPSA) is 63.3 Å². The quantitative estimate of drug-likeness (QED) is 0.840. The lowest BCUT2D eigenvalue weighted by Gasteiger charge is -1.88. The van der Waals surface area contributed by atoms with Crippen molar-refractivity contribution in [1.29, 1.82) is 0 Å². The fraction of sp³-hybridized carbons (Fsp3) is 0.111. The lowest BCUT2D eigenvalue weighted by atomic mass is 10.2. The van der Waals surface area contributed by atoms with Gasteiger partial charge in [0.2, 0.25) is 0 Å². The largest absolute Gasteiger partial charge is 0.476 e. The molecule has 2 aromatic heterocycles. The molecule has 2 rings (SSSR count). The molecule has 2 heterocycles. The summed E-state index contributed by atoms with van der Waals surface area (Å²) in [6, 6.07) is 5.35. The van der Waals surface area contributed by atoms with Gasteiger partial charge in [-0.25, -0.2) is 4.79 Å². The average molecular weight is 209 g/mol. The average Bonchev–Trinajstić information content (AvgIpc) is 2.75. The van der Waals surface area contributed by atoms with Gasteiger partial charge < -0.3 is 9.63 Å². The minimum Gasteiger partial charge on any atom is -0.476 e. The number of carbonyl (C=O) groups is 1. The molecule has 2 aromatic rings. The predicted octanol–water partition coefficient (Wildman–Crippen LogP) is 2.03. The van der Waals surface area contributed by atoms with E-state index in [0.29, 0.717) is 12.2 Å². The summed E-state index contributed by atoms with van der Waals surface area (Å²) < 4.78 is 4.88. The molecule has 0 fully saturated rings. The minimum atomic E-state index is -1.06. The van der Waals surface area contributed by atoms with Crippen molar-refractivity contribution in [2.24, 2.45) is 0 Å². The van der Waals surface area contributed by atoms with Gasteiger partial charge in [-0.1, -0.05) is 11.2 Å². The second-order valence-corrected chi connectivity index (χ2v) is 3.77. The van der Waals surface area contributed by atoms with Crippen LogP contribution in [0.15, 0.2) is 28.1 Å². The van der Waals surface area contributed by atoms with Crippen LogP contribution in [0.2, 0.25) is 0 Å². The number of carboxylic acid groups (broad SMARTS) is 1. The maximum Gasteiger partial charge on any atom is 0.358 e. The predicted molar refractivity (Wildman–Crippen MR) is 50.6 cm³/mol. The standard InChI is InChI=1S/C9H7NO3S/c11-9(12)8-5-6(13-10-8)4-7-2-1-3-14-7/h1-3,5H,4H2,(H,11,12). The van der Waals surface area contributed by atoms with Gasteiger partial charge in [0.25, 0.3) is 0 Å².